The molecule has 0 aliphatic heterocycles. The van der Waals surface area contributed by atoms with Crippen LogP contribution in [0.1, 0.15) is 28.7 Å². The Hall–Kier alpha value is -3.41. The molecule has 0 saturated heterocycles. The maximum absolute atomic E-state index is 12.3. The molecule has 0 radical (unpaired) electrons. The number of carbonyl (C=O) groups is 2. The second-order valence-corrected chi connectivity index (χ2v) is 5.99. The van der Waals surface area contributed by atoms with Crippen LogP contribution in [-0.4, -0.2) is 28.1 Å². The average Bonchev–Trinajstić information content (AvgIpc) is 3.12. The molecule has 26 heavy (non-hydrogen) atoms. The predicted molar refractivity (Wildman–Crippen MR) is 99.8 cm³/mol. The summed E-state index contributed by atoms with van der Waals surface area (Å²) in [5, 5.41) is 12.3. The summed E-state index contributed by atoms with van der Waals surface area (Å²) >= 11 is 0. The Kier molecular flexibility index (Phi) is 5.43. The van der Waals surface area contributed by atoms with Crippen LogP contribution in [0.4, 0.5) is 5.69 Å². The van der Waals surface area contributed by atoms with Crippen molar-refractivity contribution in [2.45, 2.75) is 19.4 Å². The minimum Gasteiger partial charge on any atom is -0.339 e. The number of nitrogens with one attached hydrogen (secondary N) is 3. The van der Waals surface area contributed by atoms with Crippen LogP contribution < -0.4 is 10.6 Å². The number of hydrogen-bond donors (Lipinski definition) is 3. The van der Waals surface area contributed by atoms with E-state index in [0.29, 0.717) is 12.1 Å². The van der Waals surface area contributed by atoms with Crippen molar-refractivity contribution in [1.29, 1.82) is 0 Å². The minimum absolute atomic E-state index is 0.260. The molecule has 1 heterocycles. The van der Waals surface area contributed by atoms with Gasteiger partial charge in [0.1, 0.15) is 11.7 Å². The van der Waals surface area contributed by atoms with Gasteiger partial charge in [-0.15, -0.1) is 0 Å². The van der Waals surface area contributed by atoms with Crippen LogP contribution in [0, 0.1) is 0 Å². The van der Waals surface area contributed by atoms with Crippen molar-refractivity contribution in [1.82, 2.24) is 15.5 Å². The van der Waals surface area contributed by atoms with E-state index in [-0.39, 0.29) is 11.6 Å². The quantitative estimate of drug-likeness (QED) is 0.640. The lowest BCUT2D eigenvalue weighted by Gasteiger charge is -2.13. The van der Waals surface area contributed by atoms with E-state index in [4.69, 9.17) is 0 Å². The zero-order chi connectivity index (χ0) is 18.4. The van der Waals surface area contributed by atoms with Crippen LogP contribution in [0.3, 0.4) is 0 Å². The lowest BCUT2D eigenvalue weighted by atomic mass is 10.1. The molecule has 132 valence electrons. The first-order valence-electron chi connectivity index (χ1n) is 8.37. The fourth-order valence-corrected chi connectivity index (χ4v) is 2.49. The second-order valence-electron chi connectivity index (χ2n) is 5.99. The van der Waals surface area contributed by atoms with E-state index < -0.39 is 11.9 Å². The highest BCUT2D eigenvalue weighted by Crippen LogP contribution is 2.09. The molecule has 0 aliphatic carbocycles. The summed E-state index contributed by atoms with van der Waals surface area (Å²) < 4.78 is 0. The summed E-state index contributed by atoms with van der Waals surface area (Å²) in [6.45, 7) is 1.63. The van der Waals surface area contributed by atoms with Gasteiger partial charge in [-0.25, -0.2) is 0 Å². The number of para-hydroxylation sites is 1. The number of carbonyl (C=O) groups excluding carboxylic acids is 2. The number of amides is 2. The molecule has 6 heteroatoms. The van der Waals surface area contributed by atoms with E-state index in [1.165, 1.54) is 0 Å². The molecule has 1 aromatic heterocycles. The van der Waals surface area contributed by atoms with E-state index in [2.05, 4.69) is 20.8 Å². The number of anilines is 1. The number of benzene rings is 2. The third-order valence-electron chi connectivity index (χ3n) is 3.88. The Morgan fingerprint density at radius 2 is 1.69 bits per heavy atom. The molecule has 0 bridgehead atoms. The van der Waals surface area contributed by atoms with Gasteiger partial charge >= 0.3 is 0 Å². The van der Waals surface area contributed by atoms with Crippen LogP contribution in [0.2, 0.25) is 0 Å². The van der Waals surface area contributed by atoms with Gasteiger partial charge < -0.3 is 10.6 Å². The zero-order valence-electron chi connectivity index (χ0n) is 14.4. The Bertz CT molecular complexity index is 875. The van der Waals surface area contributed by atoms with Crippen LogP contribution in [-0.2, 0) is 11.2 Å². The first-order chi connectivity index (χ1) is 12.6. The number of hydrogen-bond acceptors (Lipinski definition) is 3. The van der Waals surface area contributed by atoms with Gasteiger partial charge in [-0.1, -0.05) is 48.5 Å². The zero-order valence-corrected chi connectivity index (χ0v) is 14.4. The van der Waals surface area contributed by atoms with E-state index in [9.17, 15) is 9.59 Å². The van der Waals surface area contributed by atoms with Crippen LogP contribution >= 0.6 is 0 Å². The minimum atomic E-state index is -0.683. The highest BCUT2D eigenvalue weighted by molar-refractivity contribution is 6.00. The maximum Gasteiger partial charge on any atom is 0.272 e. The number of rotatable bonds is 6. The lowest BCUT2D eigenvalue weighted by Crippen LogP contribution is -2.41. The molecule has 3 aromatic rings. The van der Waals surface area contributed by atoms with Gasteiger partial charge in [0, 0.05) is 17.8 Å². The highest BCUT2D eigenvalue weighted by atomic mass is 16.2. The third-order valence-corrected chi connectivity index (χ3v) is 3.88. The van der Waals surface area contributed by atoms with Crippen molar-refractivity contribution in [3.05, 3.63) is 83.7 Å². The first kappa shape index (κ1) is 17.4. The maximum atomic E-state index is 12.3. The Labute approximate surface area is 151 Å². The van der Waals surface area contributed by atoms with Gasteiger partial charge in [-0.2, -0.15) is 5.10 Å². The summed E-state index contributed by atoms with van der Waals surface area (Å²) in [5.41, 5.74) is 2.90. The first-order valence-corrected chi connectivity index (χ1v) is 8.37. The SMILES string of the molecule is CC(NC(=O)c1cc(Cc2ccccc2)[nH]n1)C(=O)Nc1ccccc1. The van der Waals surface area contributed by atoms with Crippen LogP contribution in [0.5, 0.6) is 0 Å². The van der Waals surface area contributed by atoms with Gasteiger partial charge in [0.25, 0.3) is 5.91 Å². The molecule has 1 unspecified atom stereocenters. The molecule has 2 amide bonds. The molecule has 0 saturated carbocycles. The van der Waals surface area contributed by atoms with Crippen molar-refractivity contribution in [3.63, 3.8) is 0 Å². The third kappa shape index (κ3) is 4.57. The largest absolute Gasteiger partial charge is 0.339 e. The molecular weight excluding hydrogens is 328 g/mol. The molecule has 0 spiro atoms. The van der Waals surface area contributed by atoms with Crippen molar-refractivity contribution in [3.8, 4) is 0 Å². The van der Waals surface area contributed by atoms with Gasteiger partial charge in [0.15, 0.2) is 0 Å². The van der Waals surface area contributed by atoms with Gasteiger partial charge in [0.05, 0.1) is 0 Å². The molecule has 2 aromatic carbocycles. The molecule has 3 rings (SSSR count). The number of H-pyrrole nitrogens is 1. The average molecular weight is 348 g/mol. The van der Waals surface area contributed by atoms with E-state index in [0.717, 1.165) is 11.3 Å². The molecule has 1 atom stereocenters. The summed E-state index contributed by atoms with van der Waals surface area (Å²) in [7, 11) is 0. The van der Waals surface area contributed by atoms with E-state index in [1.807, 2.05) is 48.5 Å². The predicted octanol–water partition coefficient (Wildman–Crippen LogP) is 2.76. The molecular formula is C20H20N4O2. The number of aromatic nitrogens is 2. The smallest absolute Gasteiger partial charge is 0.272 e. The van der Waals surface area contributed by atoms with Gasteiger partial charge in [-0.05, 0) is 30.7 Å². The van der Waals surface area contributed by atoms with Crippen molar-refractivity contribution in [2.24, 2.45) is 0 Å². The molecule has 0 aliphatic rings. The standard InChI is InChI=1S/C20H20N4O2/c1-14(19(25)22-16-10-6-3-7-11-16)21-20(26)18-13-17(23-24-18)12-15-8-4-2-5-9-15/h2-11,13-14H,12H2,1H3,(H,21,26)(H,22,25)(H,23,24). The van der Waals surface area contributed by atoms with Gasteiger partial charge in [-0.3, -0.25) is 14.7 Å². The van der Waals surface area contributed by atoms with E-state index in [1.54, 1.807) is 25.1 Å². The normalized spacial score (nSPS) is 11.6. The summed E-state index contributed by atoms with van der Waals surface area (Å²) in [4.78, 5) is 24.5. The Morgan fingerprint density at radius 3 is 2.38 bits per heavy atom. The molecule has 3 N–H and O–H groups in total. The van der Waals surface area contributed by atoms with Crippen LogP contribution in [0.15, 0.2) is 66.7 Å². The molecule has 0 fully saturated rings. The monoisotopic (exact) mass is 348 g/mol. The van der Waals surface area contributed by atoms with Crippen LogP contribution in [0.25, 0.3) is 0 Å². The van der Waals surface area contributed by atoms with Crippen molar-refractivity contribution < 1.29 is 9.59 Å². The van der Waals surface area contributed by atoms with Gasteiger partial charge in [0.2, 0.25) is 5.91 Å². The van der Waals surface area contributed by atoms with E-state index >= 15 is 0 Å². The summed E-state index contributed by atoms with van der Waals surface area (Å²) in [5.74, 6) is -0.680. The fourth-order valence-electron chi connectivity index (χ4n) is 2.49. The van der Waals surface area contributed by atoms with Crippen molar-refractivity contribution in [2.75, 3.05) is 5.32 Å². The lowest BCUT2D eigenvalue weighted by molar-refractivity contribution is -0.117. The molecule has 6 nitrogen and oxygen atoms in total. The summed E-state index contributed by atoms with van der Waals surface area (Å²) in [6, 6.07) is 20.0. The second kappa shape index (κ2) is 8.11. The fraction of sp³-hybridized carbons (Fsp3) is 0.150. The Balaban J connectivity index is 1.56. The Morgan fingerprint density at radius 1 is 1.04 bits per heavy atom. The van der Waals surface area contributed by atoms with Crippen molar-refractivity contribution >= 4 is 17.5 Å². The number of aromatic amines is 1. The highest BCUT2D eigenvalue weighted by Gasteiger charge is 2.18. The topological polar surface area (TPSA) is 86.9 Å². The summed E-state index contributed by atoms with van der Waals surface area (Å²) in [6.07, 6.45) is 0.658. The number of nitrogens with zero attached hydrogens (tertiary/aromatic N) is 1.